The SMILES string of the molecule is CC(C)(C)OC(=O)NCc1ccc(NC(=O)C23CCC(C(=O)Nc4ccc(C5=CCN(C(=O)OC(C)(C)C)CC5)nn4)(CC2)CC3)cc1. The summed E-state index contributed by atoms with van der Waals surface area (Å²) in [6.07, 6.45) is 5.61. The molecule has 4 amide bonds. The fourth-order valence-corrected chi connectivity index (χ4v) is 6.54. The van der Waals surface area contributed by atoms with Crippen LogP contribution in [-0.4, -0.2) is 63.4 Å². The first-order valence-electron chi connectivity index (χ1n) is 16.7. The van der Waals surface area contributed by atoms with Crippen LogP contribution in [0.5, 0.6) is 0 Å². The first-order chi connectivity index (χ1) is 22.5. The van der Waals surface area contributed by atoms with E-state index >= 15 is 0 Å². The summed E-state index contributed by atoms with van der Waals surface area (Å²) in [6.45, 7) is 12.3. The Balaban J connectivity index is 1.09. The van der Waals surface area contributed by atoms with Gasteiger partial charge in [0.15, 0.2) is 5.82 Å². The van der Waals surface area contributed by atoms with Crippen molar-refractivity contribution < 1.29 is 28.7 Å². The molecule has 3 saturated carbocycles. The van der Waals surface area contributed by atoms with Crippen LogP contribution in [0.15, 0.2) is 42.5 Å². The van der Waals surface area contributed by atoms with Gasteiger partial charge in [-0.05, 0) is 122 Å². The van der Waals surface area contributed by atoms with Crippen LogP contribution >= 0.6 is 0 Å². The van der Waals surface area contributed by atoms with Gasteiger partial charge in [0.1, 0.15) is 11.2 Å². The number of amides is 4. The summed E-state index contributed by atoms with van der Waals surface area (Å²) in [4.78, 5) is 52.9. The van der Waals surface area contributed by atoms with Gasteiger partial charge in [-0.2, -0.15) is 0 Å². The minimum Gasteiger partial charge on any atom is -0.444 e. The standard InChI is InChI=1S/C36H48N6O6/c1-33(2,3)47-31(45)37-23-24-7-9-26(10-8-24)38-29(43)35-15-18-36(19-16-35,20-17-35)30(44)39-28-12-11-27(40-41-28)25-13-21-42(22-14-25)32(46)48-34(4,5)6/h7-13H,14-23H2,1-6H3,(H,37,45)(H,38,43)(H,39,41,44). The van der Waals surface area contributed by atoms with Crippen LogP contribution in [-0.2, 0) is 25.6 Å². The molecule has 258 valence electrons. The van der Waals surface area contributed by atoms with Crippen LogP contribution in [0, 0.1) is 10.8 Å². The first-order valence-corrected chi connectivity index (χ1v) is 16.7. The van der Waals surface area contributed by atoms with Gasteiger partial charge in [0, 0.05) is 36.2 Å². The lowest BCUT2D eigenvalue weighted by Gasteiger charge is -2.51. The first kappa shape index (κ1) is 34.8. The third-order valence-corrected chi connectivity index (χ3v) is 9.35. The monoisotopic (exact) mass is 660 g/mol. The van der Waals surface area contributed by atoms with E-state index in [1.807, 2.05) is 78.0 Å². The number of ether oxygens (including phenoxy) is 2. The predicted octanol–water partition coefficient (Wildman–Crippen LogP) is 6.44. The number of hydrogen-bond donors (Lipinski definition) is 3. The van der Waals surface area contributed by atoms with Gasteiger partial charge in [0.05, 0.1) is 5.69 Å². The summed E-state index contributed by atoms with van der Waals surface area (Å²) < 4.78 is 10.7. The Bertz CT molecular complexity index is 1530. The third kappa shape index (κ3) is 8.51. The zero-order chi connectivity index (χ0) is 34.7. The van der Waals surface area contributed by atoms with E-state index in [1.165, 1.54) is 0 Å². The average molecular weight is 661 g/mol. The zero-order valence-electron chi connectivity index (χ0n) is 28.9. The number of carbonyl (C=O) groups is 4. The van der Waals surface area contributed by atoms with Crippen LogP contribution in [0.1, 0.15) is 97.7 Å². The lowest BCUT2D eigenvalue weighted by atomic mass is 9.53. The van der Waals surface area contributed by atoms with Crippen molar-refractivity contribution in [2.45, 2.75) is 104 Å². The molecule has 0 saturated heterocycles. The van der Waals surface area contributed by atoms with Crippen molar-refractivity contribution in [3.63, 3.8) is 0 Å². The Kier molecular flexibility index (Phi) is 9.84. The van der Waals surface area contributed by atoms with Gasteiger partial charge in [0.25, 0.3) is 0 Å². The molecule has 12 nitrogen and oxygen atoms in total. The molecule has 3 N–H and O–H groups in total. The van der Waals surface area contributed by atoms with Gasteiger partial charge in [-0.1, -0.05) is 18.2 Å². The second-order valence-electron chi connectivity index (χ2n) is 15.2. The summed E-state index contributed by atoms with van der Waals surface area (Å²) in [6, 6.07) is 11.0. The van der Waals surface area contributed by atoms with Crippen LogP contribution in [0.4, 0.5) is 21.1 Å². The molecule has 3 aliphatic carbocycles. The number of aromatic nitrogens is 2. The van der Waals surface area contributed by atoms with Crippen LogP contribution in [0.2, 0.25) is 0 Å². The van der Waals surface area contributed by atoms with E-state index in [0.717, 1.165) is 11.1 Å². The predicted molar refractivity (Wildman–Crippen MR) is 182 cm³/mol. The highest BCUT2D eigenvalue weighted by molar-refractivity contribution is 5.98. The van der Waals surface area contributed by atoms with Crippen LogP contribution in [0.3, 0.4) is 0 Å². The number of alkyl carbamates (subject to hydrolysis) is 1. The maximum absolute atomic E-state index is 13.5. The molecule has 0 unspecified atom stereocenters. The molecule has 12 heteroatoms. The fraction of sp³-hybridized carbons (Fsp3) is 0.556. The van der Waals surface area contributed by atoms with E-state index < -0.39 is 28.1 Å². The van der Waals surface area contributed by atoms with Crippen molar-refractivity contribution in [3.05, 3.63) is 53.7 Å². The summed E-state index contributed by atoms with van der Waals surface area (Å²) in [7, 11) is 0. The highest BCUT2D eigenvalue weighted by Crippen LogP contribution is 2.57. The van der Waals surface area contributed by atoms with Gasteiger partial charge < -0.3 is 30.3 Å². The van der Waals surface area contributed by atoms with Crippen LogP contribution in [0.25, 0.3) is 5.57 Å². The van der Waals surface area contributed by atoms with E-state index in [1.54, 1.807) is 11.0 Å². The number of nitrogens with zero attached hydrogens (tertiary/aromatic N) is 3. The number of benzene rings is 1. The number of carbonyl (C=O) groups excluding carboxylic acids is 4. The molecule has 1 aromatic carbocycles. The fourth-order valence-electron chi connectivity index (χ4n) is 6.54. The highest BCUT2D eigenvalue weighted by atomic mass is 16.6. The van der Waals surface area contributed by atoms with Crippen LogP contribution < -0.4 is 16.0 Å². The second-order valence-corrected chi connectivity index (χ2v) is 15.2. The van der Waals surface area contributed by atoms with Gasteiger partial charge in [-0.15, -0.1) is 10.2 Å². The molecule has 0 radical (unpaired) electrons. The number of anilines is 2. The molecule has 2 heterocycles. The van der Waals surface area contributed by atoms with Crippen molar-refractivity contribution >= 4 is 41.1 Å². The average Bonchev–Trinajstić information content (AvgIpc) is 3.04. The topological polar surface area (TPSA) is 152 Å². The zero-order valence-corrected chi connectivity index (χ0v) is 28.9. The number of nitrogens with one attached hydrogen (secondary N) is 3. The largest absolute Gasteiger partial charge is 0.444 e. The molecule has 2 aromatic rings. The van der Waals surface area contributed by atoms with Crippen molar-refractivity contribution in [3.8, 4) is 0 Å². The maximum Gasteiger partial charge on any atom is 0.410 e. The number of fused-ring (bicyclic) bond motifs is 3. The lowest BCUT2D eigenvalue weighted by molar-refractivity contribution is -0.144. The lowest BCUT2D eigenvalue weighted by Crippen LogP contribution is -2.52. The van der Waals surface area contributed by atoms with E-state index in [-0.39, 0.29) is 17.9 Å². The Morgan fingerprint density at radius 2 is 1.35 bits per heavy atom. The summed E-state index contributed by atoms with van der Waals surface area (Å²) in [5.41, 5.74) is 1.18. The molecule has 48 heavy (non-hydrogen) atoms. The van der Waals surface area contributed by atoms with Crippen molar-refractivity contribution in [2.75, 3.05) is 23.7 Å². The second kappa shape index (κ2) is 13.6. The third-order valence-electron chi connectivity index (χ3n) is 9.35. The molecule has 3 fully saturated rings. The molecule has 4 aliphatic rings. The molecule has 1 aliphatic heterocycles. The van der Waals surface area contributed by atoms with Crippen molar-refractivity contribution in [1.82, 2.24) is 20.4 Å². The van der Waals surface area contributed by atoms with Gasteiger partial charge in [0.2, 0.25) is 11.8 Å². The Morgan fingerprint density at radius 1 is 0.771 bits per heavy atom. The molecular formula is C36H48N6O6. The maximum atomic E-state index is 13.5. The molecule has 2 bridgehead atoms. The molecule has 0 atom stereocenters. The van der Waals surface area contributed by atoms with Gasteiger partial charge >= 0.3 is 12.2 Å². The molecular weight excluding hydrogens is 612 g/mol. The van der Waals surface area contributed by atoms with Crippen molar-refractivity contribution in [1.29, 1.82) is 0 Å². The summed E-state index contributed by atoms with van der Waals surface area (Å²) in [5.74, 6) is 0.317. The highest BCUT2D eigenvalue weighted by Gasteiger charge is 2.55. The quantitative estimate of drug-likeness (QED) is 0.307. The minimum atomic E-state index is -0.564. The van der Waals surface area contributed by atoms with E-state index in [2.05, 4.69) is 26.1 Å². The normalized spacial score (nSPS) is 22.3. The Morgan fingerprint density at radius 3 is 1.85 bits per heavy atom. The molecule has 6 rings (SSSR count). The van der Waals surface area contributed by atoms with Gasteiger partial charge in [-0.3, -0.25) is 9.59 Å². The van der Waals surface area contributed by atoms with Gasteiger partial charge in [-0.25, -0.2) is 9.59 Å². The summed E-state index contributed by atoms with van der Waals surface area (Å²) in [5, 5.41) is 17.4. The van der Waals surface area contributed by atoms with Crippen molar-refractivity contribution in [2.24, 2.45) is 10.8 Å². The Hall–Kier alpha value is -4.48. The number of rotatable bonds is 7. The summed E-state index contributed by atoms with van der Waals surface area (Å²) >= 11 is 0. The molecule has 0 spiro atoms. The molecule has 1 aromatic heterocycles. The smallest absolute Gasteiger partial charge is 0.410 e. The van der Waals surface area contributed by atoms with E-state index in [9.17, 15) is 19.2 Å². The Labute approximate surface area is 282 Å². The van der Waals surface area contributed by atoms with E-state index in [4.69, 9.17) is 9.47 Å². The van der Waals surface area contributed by atoms with E-state index in [0.29, 0.717) is 81.8 Å². The number of hydrogen-bond acceptors (Lipinski definition) is 8. The minimum absolute atomic E-state index is 0.0106.